The fourth-order valence-corrected chi connectivity index (χ4v) is 4.21. The van der Waals surface area contributed by atoms with Crippen LogP contribution in [-0.2, 0) is 12.8 Å². The van der Waals surface area contributed by atoms with Crippen LogP contribution in [-0.4, -0.2) is 5.78 Å². The number of ketones is 1. The van der Waals surface area contributed by atoms with Gasteiger partial charge in [0.15, 0.2) is 0 Å². The zero-order valence-electron chi connectivity index (χ0n) is 12.5. The van der Waals surface area contributed by atoms with Crippen LogP contribution in [0.25, 0.3) is 0 Å². The van der Waals surface area contributed by atoms with E-state index in [0.29, 0.717) is 16.7 Å². The molecule has 0 atom stereocenters. The summed E-state index contributed by atoms with van der Waals surface area (Å²) in [6.45, 7) is 3.42. The molecule has 2 aromatic rings. The van der Waals surface area contributed by atoms with Gasteiger partial charge >= 0.3 is 0 Å². The van der Waals surface area contributed by atoms with Gasteiger partial charge in [0.25, 0.3) is 0 Å². The zero-order chi connectivity index (χ0) is 15.0. The molecule has 0 N–H and O–H groups in total. The summed E-state index contributed by atoms with van der Waals surface area (Å²) in [5.41, 5.74) is 3.02. The quantitative estimate of drug-likeness (QED) is 0.563. The maximum atomic E-state index is 13.7. The number of fused-ring (bicyclic) bond motifs is 1. The molecule has 0 saturated heterocycles. The van der Waals surface area contributed by atoms with Gasteiger partial charge in [-0.05, 0) is 74.4 Å². The maximum Gasteiger partial charge on any atom is 0.202 e. The van der Waals surface area contributed by atoms with E-state index < -0.39 is 0 Å². The third kappa shape index (κ3) is 2.80. The average Bonchev–Trinajstić information content (AvgIpc) is 2.74. The smallest absolute Gasteiger partial charge is 0.202 e. The minimum Gasteiger partial charge on any atom is -0.288 e. The lowest BCUT2D eigenvalue weighted by Gasteiger charge is -2.05. The Morgan fingerprint density at radius 2 is 1.71 bits per heavy atom. The normalized spacial score (nSPS) is 14.6. The summed E-state index contributed by atoms with van der Waals surface area (Å²) in [4.78, 5) is 14.8. The van der Waals surface area contributed by atoms with E-state index in [1.807, 2.05) is 0 Å². The minimum absolute atomic E-state index is 0.0271. The molecule has 0 bridgehead atoms. The van der Waals surface area contributed by atoms with Crippen molar-refractivity contribution in [3.63, 3.8) is 0 Å². The molecule has 0 radical (unpaired) electrons. The lowest BCUT2D eigenvalue weighted by molar-refractivity contribution is 0.104. The van der Waals surface area contributed by atoms with Crippen molar-refractivity contribution >= 4 is 17.1 Å². The van der Waals surface area contributed by atoms with Crippen molar-refractivity contribution in [3.8, 4) is 0 Å². The number of carbonyl (C=O) groups is 1. The van der Waals surface area contributed by atoms with Gasteiger partial charge in [-0.1, -0.05) is 6.42 Å². The van der Waals surface area contributed by atoms with Crippen LogP contribution in [0.15, 0.2) is 18.2 Å². The summed E-state index contributed by atoms with van der Waals surface area (Å²) < 4.78 is 13.7. The number of halogens is 1. The maximum absolute atomic E-state index is 13.7. The first-order valence-corrected chi connectivity index (χ1v) is 8.31. The third-order valence-corrected chi connectivity index (χ3v) is 5.40. The van der Waals surface area contributed by atoms with Crippen molar-refractivity contribution < 1.29 is 9.18 Å². The van der Waals surface area contributed by atoms with E-state index >= 15 is 0 Å². The highest BCUT2D eigenvalue weighted by molar-refractivity contribution is 7.14. The molecule has 1 aromatic heterocycles. The Labute approximate surface area is 128 Å². The van der Waals surface area contributed by atoms with Crippen molar-refractivity contribution in [2.75, 3.05) is 0 Å². The predicted octanol–water partition coefficient (Wildman–Crippen LogP) is 5.00. The second-order valence-corrected chi connectivity index (χ2v) is 7.01. The van der Waals surface area contributed by atoms with Crippen molar-refractivity contribution in [2.45, 2.75) is 46.0 Å². The van der Waals surface area contributed by atoms with Gasteiger partial charge in [-0.2, -0.15) is 0 Å². The largest absolute Gasteiger partial charge is 0.288 e. The van der Waals surface area contributed by atoms with Crippen molar-refractivity contribution in [2.24, 2.45) is 0 Å². The number of thiophene rings is 1. The van der Waals surface area contributed by atoms with Gasteiger partial charge in [-0.15, -0.1) is 11.3 Å². The Balaban J connectivity index is 1.95. The van der Waals surface area contributed by atoms with Crippen LogP contribution in [0, 0.1) is 19.7 Å². The fraction of sp³-hybridized carbons (Fsp3) is 0.389. The monoisotopic (exact) mass is 302 g/mol. The highest BCUT2D eigenvalue weighted by Gasteiger charge is 2.18. The summed E-state index contributed by atoms with van der Waals surface area (Å²) in [6, 6.07) is 5.38. The molecule has 0 unspecified atom stereocenters. The van der Waals surface area contributed by atoms with Crippen LogP contribution in [0.4, 0.5) is 4.39 Å². The molecule has 3 rings (SSSR count). The standard InChI is InChI=1S/C18H19FOS/c1-11-8-14(9-12(2)17(11)19)18(20)16-10-13-6-4-3-5-7-15(13)21-16/h8-10H,3-7H2,1-2H3. The Kier molecular flexibility index (Phi) is 3.94. The Hall–Kier alpha value is -1.48. The third-order valence-electron chi connectivity index (χ3n) is 4.17. The predicted molar refractivity (Wildman–Crippen MR) is 84.9 cm³/mol. The molecule has 0 amide bonds. The van der Waals surface area contributed by atoms with Crippen molar-refractivity contribution in [1.29, 1.82) is 0 Å². The fourth-order valence-electron chi connectivity index (χ4n) is 3.00. The zero-order valence-corrected chi connectivity index (χ0v) is 13.3. The molecule has 1 nitrogen and oxygen atoms in total. The number of aryl methyl sites for hydroxylation is 4. The molecule has 110 valence electrons. The Bertz CT molecular complexity index is 653. The number of rotatable bonds is 2. The van der Waals surface area contributed by atoms with Gasteiger partial charge < -0.3 is 0 Å². The molecule has 3 heteroatoms. The Morgan fingerprint density at radius 3 is 2.43 bits per heavy atom. The van der Waals surface area contributed by atoms with E-state index in [0.717, 1.165) is 17.7 Å². The van der Waals surface area contributed by atoms with E-state index in [1.165, 1.54) is 29.7 Å². The van der Waals surface area contributed by atoms with Crippen LogP contribution in [0.2, 0.25) is 0 Å². The summed E-state index contributed by atoms with van der Waals surface area (Å²) in [6.07, 6.45) is 5.89. The van der Waals surface area contributed by atoms with Crippen LogP contribution in [0.3, 0.4) is 0 Å². The van der Waals surface area contributed by atoms with E-state index in [-0.39, 0.29) is 11.6 Å². The SMILES string of the molecule is Cc1cc(C(=O)c2cc3c(s2)CCCCC3)cc(C)c1F. The van der Waals surface area contributed by atoms with Crippen LogP contribution in [0.1, 0.15) is 56.1 Å². The highest BCUT2D eigenvalue weighted by Crippen LogP contribution is 2.30. The van der Waals surface area contributed by atoms with Gasteiger partial charge in [-0.25, -0.2) is 4.39 Å². The summed E-state index contributed by atoms with van der Waals surface area (Å²) in [5.74, 6) is -0.187. The summed E-state index contributed by atoms with van der Waals surface area (Å²) in [5, 5.41) is 0. The van der Waals surface area contributed by atoms with Gasteiger partial charge in [-0.3, -0.25) is 4.79 Å². The van der Waals surface area contributed by atoms with Crippen molar-refractivity contribution in [1.82, 2.24) is 0 Å². The van der Waals surface area contributed by atoms with E-state index in [2.05, 4.69) is 6.07 Å². The first-order valence-electron chi connectivity index (χ1n) is 7.49. The highest BCUT2D eigenvalue weighted by atomic mass is 32.1. The average molecular weight is 302 g/mol. The molecule has 0 spiro atoms. The number of benzene rings is 1. The van der Waals surface area contributed by atoms with Gasteiger partial charge in [0, 0.05) is 10.4 Å². The summed E-state index contributed by atoms with van der Waals surface area (Å²) in [7, 11) is 0. The van der Waals surface area contributed by atoms with E-state index in [9.17, 15) is 9.18 Å². The first-order chi connectivity index (χ1) is 10.1. The lowest BCUT2D eigenvalue weighted by atomic mass is 10.0. The van der Waals surface area contributed by atoms with Gasteiger partial charge in [0.1, 0.15) is 5.82 Å². The first kappa shape index (κ1) is 14.5. The molecule has 1 aromatic carbocycles. The van der Waals surface area contributed by atoms with Crippen molar-refractivity contribution in [3.05, 3.63) is 56.0 Å². The second-order valence-electron chi connectivity index (χ2n) is 5.87. The molecule has 1 heterocycles. The summed E-state index contributed by atoms with van der Waals surface area (Å²) >= 11 is 1.62. The minimum atomic E-state index is -0.214. The van der Waals surface area contributed by atoms with E-state index in [1.54, 1.807) is 37.3 Å². The number of hydrogen-bond acceptors (Lipinski definition) is 2. The Morgan fingerprint density at radius 1 is 1.05 bits per heavy atom. The molecular formula is C18H19FOS. The topological polar surface area (TPSA) is 17.1 Å². The van der Waals surface area contributed by atoms with Gasteiger partial charge in [0.05, 0.1) is 4.88 Å². The molecular weight excluding hydrogens is 283 g/mol. The van der Waals surface area contributed by atoms with Crippen LogP contribution < -0.4 is 0 Å². The second kappa shape index (κ2) is 5.72. The van der Waals surface area contributed by atoms with Gasteiger partial charge in [0.2, 0.25) is 5.78 Å². The molecule has 1 aliphatic rings. The number of hydrogen-bond donors (Lipinski definition) is 0. The van der Waals surface area contributed by atoms with Crippen LogP contribution in [0.5, 0.6) is 0 Å². The van der Waals surface area contributed by atoms with E-state index in [4.69, 9.17) is 0 Å². The van der Waals surface area contributed by atoms with Crippen LogP contribution >= 0.6 is 11.3 Å². The number of carbonyl (C=O) groups excluding carboxylic acids is 1. The molecule has 1 aliphatic carbocycles. The molecule has 21 heavy (non-hydrogen) atoms. The molecule has 0 saturated carbocycles. The molecule has 0 aliphatic heterocycles. The molecule has 0 fully saturated rings. The lowest BCUT2D eigenvalue weighted by Crippen LogP contribution is -2.02.